The minimum absolute atomic E-state index is 0.201. The Morgan fingerprint density at radius 1 is 1.33 bits per heavy atom. The normalized spacial score (nSPS) is 18.9. The van der Waals surface area contributed by atoms with Crippen molar-refractivity contribution in [3.05, 3.63) is 29.3 Å². The van der Waals surface area contributed by atoms with Crippen molar-refractivity contribution in [1.82, 2.24) is 0 Å². The summed E-state index contributed by atoms with van der Waals surface area (Å²) in [7, 11) is 0. The Morgan fingerprint density at radius 3 is 2.62 bits per heavy atom. The van der Waals surface area contributed by atoms with Gasteiger partial charge in [-0.05, 0) is 44.5 Å². The molecular formula is C15H21F3N2O. The summed E-state index contributed by atoms with van der Waals surface area (Å²) < 4.78 is 45.2. The summed E-state index contributed by atoms with van der Waals surface area (Å²) >= 11 is 0. The third-order valence-electron chi connectivity index (χ3n) is 3.60. The molecule has 118 valence electrons. The zero-order chi connectivity index (χ0) is 15.7. The van der Waals surface area contributed by atoms with Gasteiger partial charge < -0.3 is 15.4 Å². The van der Waals surface area contributed by atoms with E-state index >= 15 is 0 Å². The first-order chi connectivity index (χ1) is 9.73. The summed E-state index contributed by atoms with van der Waals surface area (Å²) in [5.41, 5.74) is 5.29. The molecule has 0 amide bonds. The lowest BCUT2D eigenvalue weighted by atomic mass is 10.0. The number of ether oxygens (including phenoxy) is 1. The quantitative estimate of drug-likeness (QED) is 0.933. The number of nitrogens with zero attached hydrogens (tertiary/aromatic N) is 1. The maximum absolute atomic E-state index is 13.2. The van der Waals surface area contributed by atoms with Crippen LogP contribution in [0.2, 0.25) is 0 Å². The summed E-state index contributed by atoms with van der Waals surface area (Å²) in [6.07, 6.45) is -4.13. The van der Waals surface area contributed by atoms with Gasteiger partial charge in [0, 0.05) is 18.8 Å². The van der Waals surface area contributed by atoms with Gasteiger partial charge in [-0.3, -0.25) is 0 Å². The van der Waals surface area contributed by atoms with Gasteiger partial charge in [0.25, 0.3) is 0 Å². The van der Waals surface area contributed by atoms with Crippen molar-refractivity contribution < 1.29 is 17.9 Å². The van der Waals surface area contributed by atoms with Gasteiger partial charge in [0.15, 0.2) is 0 Å². The minimum Gasteiger partial charge on any atom is -0.372 e. The molecule has 1 fully saturated rings. The van der Waals surface area contributed by atoms with E-state index in [1.165, 1.54) is 12.1 Å². The zero-order valence-corrected chi connectivity index (χ0v) is 12.3. The summed E-state index contributed by atoms with van der Waals surface area (Å²) in [6, 6.07) is 4.50. The van der Waals surface area contributed by atoms with E-state index in [9.17, 15) is 13.2 Å². The number of anilines is 1. The molecule has 21 heavy (non-hydrogen) atoms. The molecule has 0 spiro atoms. The van der Waals surface area contributed by atoms with Crippen LogP contribution in [0.3, 0.4) is 0 Å². The highest BCUT2D eigenvalue weighted by Crippen LogP contribution is 2.35. The van der Waals surface area contributed by atoms with Gasteiger partial charge >= 0.3 is 6.18 Å². The Kier molecular flexibility index (Phi) is 4.49. The number of rotatable bonds is 3. The molecule has 1 aliphatic heterocycles. The molecule has 1 aromatic rings. The van der Waals surface area contributed by atoms with E-state index in [-0.39, 0.29) is 24.1 Å². The SMILES string of the molecule is CC1(C)CN(c2ccc(CCN)c(C(F)(F)F)c2)CCO1. The molecule has 0 aliphatic carbocycles. The van der Waals surface area contributed by atoms with Gasteiger partial charge in [0.05, 0.1) is 17.8 Å². The monoisotopic (exact) mass is 302 g/mol. The Bertz CT molecular complexity index is 500. The lowest BCUT2D eigenvalue weighted by Crippen LogP contribution is -2.48. The summed E-state index contributed by atoms with van der Waals surface area (Å²) in [6.45, 7) is 5.75. The second-order valence-electron chi connectivity index (χ2n) is 5.91. The molecule has 2 rings (SSSR count). The molecule has 0 aromatic heterocycles. The third-order valence-corrected chi connectivity index (χ3v) is 3.60. The molecule has 2 N–H and O–H groups in total. The second kappa shape index (κ2) is 5.85. The van der Waals surface area contributed by atoms with Crippen LogP contribution in [0.15, 0.2) is 18.2 Å². The number of hydrogen-bond acceptors (Lipinski definition) is 3. The molecule has 0 saturated carbocycles. The van der Waals surface area contributed by atoms with Gasteiger partial charge in [0.2, 0.25) is 0 Å². The molecule has 6 heteroatoms. The first-order valence-electron chi connectivity index (χ1n) is 7.02. The van der Waals surface area contributed by atoms with Crippen LogP contribution in [-0.2, 0) is 17.3 Å². The molecule has 0 bridgehead atoms. The van der Waals surface area contributed by atoms with Crippen LogP contribution in [0.4, 0.5) is 18.9 Å². The second-order valence-corrected chi connectivity index (χ2v) is 5.91. The van der Waals surface area contributed by atoms with Crippen LogP contribution in [0, 0.1) is 0 Å². The van der Waals surface area contributed by atoms with Gasteiger partial charge in [0.1, 0.15) is 0 Å². The molecule has 0 radical (unpaired) electrons. The zero-order valence-electron chi connectivity index (χ0n) is 12.3. The van der Waals surface area contributed by atoms with E-state index in [1.807, 2.05) is 18.7 Å². The average Bonchev–Trinajstić information content (AvgIpc) is 2.37. The lowest BCUT2D eigenvalue weighted by Gasteiger charge is -2.39. The topological polar surface area (TPSA) is 38.5 Å². The highest BCUT2D eigenvalue weighted by atomic mass is 19.4. The lowest BCUT2D eigenvalue weighted by molar-refractivity contribution is -0.138. The maximum atomic E-state index is 13.2. The van der Waals surface area contributed by atoms with E-state index in [0.717, 1.165) is 0 Å². The first-order valence-corrected chi connectivity index (χ1v) is 7.02. The number of hydrogen-bond donors (Lipinski definition) is 1. The maximum Gasteiger partial charge on any atom is 0.416 e. The van der Waals surface area contributed by atoms with E-state index in [2.05, 4.69) is 0 Å². The molecular weight excluding hydrogens is 281 g/mol. The van der Waals surface area contributed by atoms with Gasteiger partial charge in [-0.2, -0.15) is 13.2 Å². The number of benzene rings is 1. The Balaban J connectivity index is 2.33. The highest BCUT2D eigenvalue weighted by molar-refractivity contribution is 5.52. The van der Waals surface area contributed by atoms with Gasteiger partial charge in [-0.1, -0.05) is 6.07 Å². The van der Waals surface area contributed by atoms with E-state index < -0.39 is 11.7 Å². The van der Waals surface area contributed by atoms with Crippen LogP contribution in [-0.4, -0.2) is 31.8 Å². The number of morpholine rings is 1. The standard InChI is InChI=1S/C15H21F3N2O/c1-14(2)10-20(7-8-21-14)12-4-3-11(5-6-19)13(9-12)15(16,17)18/h3-4,9H,5-8,10,19H2,1-2H3. The minimum atomic E-state index is -4.36. The van der Waals surface area contributed by atoms with Crippen molar-refractivity contribution in [2.45, 2.75) is 32.0 Å². The van der Waals surface area contributed by atoms with Crippen molar-refractivity contribution >= 4 is 5.69 Å². The Labute approximate surface area is 122 Å². The van der Waals surface area contributed by atoms with Crippen LogP contribution >= 0.6 is 0 Å². The highest BCUT2D eigenvalue weighted by Gasteiger charge is 2.34. The molecule has 0 atom stereocenters. The first kappa shape index (κ1) is 16.1. The fourth-order valence-electron chi connectivity index (χ4n) is 2.64. The average molecular weight is 302 g/mol. The van der Waals surface area contributed by atoms with Crippen LogP contribution in [0.5, 0.6) is 0 Å². The smallest absolute Gasteiger partial charge is 0.372 e. The van der Waals surface area contributed by atoms with Crippen LogP contribution < -0.4 is 10.6 Å². The van der Waals surface area contributed by atoms with Crippen molar-refractivity contribution in [1.29, 1.82) is 0 Å². The molecule has 0 unspecified atom stereocenters. The van der Waals surface area contributed by atoms with Crippen molar-refractivity contribution in [3.8, 4) is 0 Å². The predicted octanol–water partition coefficient (Wildman–Crippen LogP) is 2.82. The summed E-state index contributed by atoms with van der Waals surface area (Å²) in [5.74, 6) is 0. The van der Waals surface area contributed by atoms with E-state index in [4.69, 9.17) is 10.5 Å². The van der Waals surface area contributed by atoms with E-state index in [0.29, 0.717) is 25.4 Å². The summed E-state index contributed by atoms with van der Waals surface area (Å²) in [5, 5.41) is 0. The Morgan fingerprint density at radius 2 is 2.05 bits per heavy atom. The van der Waals surface area contributed by atoms with Crippen molar-refractivity contribution in [3.63, 3.8) is 0 Å². The molecule has 1 heterocycles. The predicted molar refractivity (Wildman–Crippen MR) is 76.4 cm³/mol. The van der Waals surface area contributed by atoms with Crippen LogP contribution in [0.1, 0.15) is 25.0 Å². The Hall–Kier alpha value is -1.27. The van der Waals surface area contributed by atoms with Gasteiger partial charge in [-0.15, -0.1) is 0 Å². The third kappa shape index (κ3) is 3.89. The molecule has 1 saturated heterocycles. The number of halogens is 3. The van der Waals surface area contributed by atoms with E-state index in [1.54, 1.807) is 6.07 Å². The van der Waals surface area contributed by atoms with Crippen molar-refractivity contribution in [2.24, 2.45) is 5.73 Å². The van der Waals surface area contributed by atoms with Crippen LogP contribution in [0.25, 0.3) is 0 Å². The number of nitrogens with two attached hydrogens (primary N) is 1. The number of alkyl halides is 3. The molecule has 1 aliphatic rings. The fraction of sp³-hybridized carbons (Fsp3) is 0.600. The largest absolute Gasteiger partial charge is 0.416 e. The molecule has 1 aromatic carbocycles. The van der Waals surface area contributed by atoms with Gasteiger partial charge in [-0.25, -0.2) is 0 Å². The van der Waals surface area contributed by atoms with Crippen molar-refractivity contribution in [2.75, 3.05) is 31.1 Å². The summed E-state index contributed by atoms with van der Waals surface area (Å²) in [4.78, 5) is 1.94. The fourth-order valence-corrected chi connectivity index (χ4v) is 2.64. The molecule has 3 nitrogen and oxygen atoms in total.